The highest BCUT2D eigenvalue weighted by molar-refractivity contribution is 6.68. The van der Waals surface area contributed by atoms with Crippen molar-refractivity contribution in [1.82, 2.24) is 4.90 Å². The molecule has 2 bridgehead atoms. The summed E-state index contributed by atoms with van der Waals surface area (Å²) in [6.07, 6.45) is -15.2. The summed E-state index contributed by atoms with van der Waals surface area (Å²) < 4.78 is 55.3. The molecule has 2 saturated carbocycles. The highest BCUT2D eigenvalue weighted by Gasteiger charge is 2.79. The number of hydrogen-bond donors (Lipinski definition) is 1. The van der Waals surface area contributed by atoms with Crippen molar-refractivity contribution in [3.05, 3.63) is 47.0 Å². The van der Waals surface area contributed by atoms with Crippen LogP contribution < -0.4 is 0 Å². The Balaban J connectivity index is 1.63. The van der Waals surface area contributed by atoms with Crippen molar-refractivity contribution < 1.29 is 86.0 Å². The van der Waals surface area contributed by atoms with Crippen LogP contribution in [0.1, 0.15) is 113 Å². The number of Topliss-reactive ketones (excluding diaryl/α,β-unsaturated/α-hetero) is 1. The maximum absolute atomic E-state index is 16.4. The van der Waals surface area contributed by atoms with Crippen LogP contribution in [0.2, 0.25) is 0 Å². The first-order chi connectivity index (χ1) is 34.1. The third-order valence-electron chi connectivity index (χ3n) is 14.6. The van der Waals surface area contributed by atoms with Crippen LogP contribution in [0.15, 0.2) is 41.5 Å². The molecule has 1 N–H and O–H groups in total. The second kappa shape index (κ2) is 20.9. The molecule has 19 nitrogen and oxygen atoms in total. The van der Waals surface area contributed by atoms with E-state index < -0.39 is 170 Å². The Morgan fingerprint density at radius 1 is 0.813 bits per heavy atom. The van der Waals surface area contributed by atoms with Gasteiger partial charge in [0, 0.05) is 25.2 Å². The number of amides is 1. The summed E-state index contributed by atoms with van der Waals surface area (Å²) in [5.74, 6) is -5.89. The van der Waals surface area contributed by atoms with E-state index in [1.165, 1.54) is 44.7 Å². The van der Waals surface area contributed by atoms with E-state index in [1.807, 2.05) is 0 Å². The summed E-state index contributed by atoms with van der Waals surface area (Å²) in [7, 11) is 0. The Hall–Kier alpha value is -3.53. The lowest BCUT2D eigenvalue weighted by atomic mass is 9.44. The van der Waals surface area contributed by atoms with Gasteiger partial charge >= 0.3 is 36.3 Å². The van der Waals surface area contributed by atoms with Crippen LogP contribution in [0.25, 0.3) is 0 Å². The molecular weight excluding hydrogens is 1120 g/mol. The SMILES string of the molecule is CC(=O)O[C@@]12CO[C@@H]1C[C@H](OC(=O)OCC(Cl)(Cl)Cl)[C@@]1(C)C(=O)[C@H](OC(=O)OCC(Cl)(Cl)Cl)C3=C(C)[C@@H](OC(=O)[C@@H]4OC(C)(C)N(C(=O)OC(C)(C)C)[C@H]4C(C)(C)C)C[C@@](O)([C@@H](OC(=O)c4ccccc4)[C@H]21)C3(C)C. The molecule has 0 unspecified atom stereocenters. The number of benzene rings is 1. The number of fused-ring (bicyclic) bond motifs is 5. The molecule has 1 aromatic carbocycles. The summed E-state index contributed by atoms with van der Waals surface area (Å²) in [6, 6.07) is 6.56. The molecule has 2 saturated heterocycles. The Bertz CT molecular complexity index is 2460. The predicted molar refractivity (Wildman–Crippen MR) is 270 cm³/mol. The molecule has 2 aliphatic heterocycles. The molecule has 6 rings (SSSR count). The number of hydrogen-bond acceptors (Lipinski definition) is 18. The van der Waals surface area contributed by atoms with E-state index in [-0.39, 0.29) is 16.7 Å². The lowest BCUT2D eigenvalue weighted by Gasteiger charge is -2.67. The number of alkyl halides is 6. The molecule has 3 aliphatic carbocycles. The van der Waals surface area contributed by atoms with Crippen LogP contribution >= 0.6 is 69.6 Å². The van der Waals surface area contributed by atoms with Gasteiger partial charge in [-0.2, -0.15) is 0 Å². The van der Waals surface area contributed by atoms with E-state index >= 15 is 9.59 Å². The molecule has 1 amide bonds. The molecule has 418 valence electrons. The minimum atomic E-state index is -2.60. The molecule has 1 aromatic rings. The number of aliphatic hydroxyl groups is 1. The van der Waals surface area contributed by atoms with Gasteiger partial charge in [-0.3, -0.25) is 14.5 Å². The minimum absolute atomic E-state index is 0.0248. The van der Waals surface area contributed by atoms with E-state index in [1.54, 1.807) is 73.6 Å². The summed E-state index contributed by atoms with van der Waals surface area (Å²) in [5.41, 5.74) is -12.4. The average molecular weight is 1180 g/mol. The minimum Gasteiger partial charge on any atom is -0.456 e. The number of carbonyl (C=O) groups excluding carboxylic acids is 7. The molecule has 0 aromatic heterocycles. The van der Waals surface area contributed by atoms with Crippen LogP contribution in [0.4, 0.5) is 14.4 Å². The maximum atomic E-state index is 16.4. The van der Waals surface area contributed by atoms with Gasteiger partial charge in [-0.15, -0.1) is 0 Å². The summed E-state index contributed by atoms with van der Waals surface area (Å²) in [4.78, 5) is 102. The Kier molecular flexibility index (Phi) is 16.9. The fourth-order valence-corrected chi connectivity index (χ4v) is 11.7. The smallest absolute Gasteiger partial charge is 0.456 e. The van der Waals surface area contributed by atoms with Crippen molar-refractivity contribution in [3.8, 4) is 0 Å². The molecule has 0 spiro atoms. The van der Waals surface area contributed by atoms with Gasteiger partial charge in [0.15, 0.2) is 23.6 Å². The van der Waals surface area contributed by atoms with E-state index in [0.29, 0.717) is 0 Å². The van der Waals surface area contributed by atoms with Gasteiger partial charge in [-0.25, -0.2) is 24.0 Å². The van der Waals surface area contributed by atoms with Gasteiger partial charge in [0.25, 0.3) is 0 Å². The van der Waals surface area contributed by atoms with E-state index in [9.17, 15) is 29.1 Å². The lowest BCUT2D eigenvalue weighted by Crippen LogP contribution is -2.82. The molecule has 5 aliphatic rings. The average Bonchev–Trinajstić information content (AvgIpc) is 3.56. The monoisotopic (exact) mass is 1180 g/mol. The first-order valence-corrected chi connectivity index (χ1v) is 26.1. The predicted octanol–water partition coefficient (Wildman–Crippen LogP) is 9.48. The second-order valence-corrected chi connectivity index (χ2v) is 27.8. The van der Waals surface area contributed by atoms with E-state index in [2.05, 4.69) is 0 Å². The van der Waals surface area contributed by atoms with Crippen LogP contribution in [0, 0.1) is 22.2 Å². The van der Waals surface area contributed by atoms with Gasteiger partial charge in [-0.1, -0.05) is 122 Å². The number of rotatable bonds is 9. The maximum Gasteiger partial charge on any atom is 0.509 e. The number of esters is 3. The first-order valence-electron chi connectivity index (χ1n) is 23.9. The van der Waals surface area contributed by atoms with Gasteiger partial charge < -0.3 is 52.5 Å². The zero-order valence-corrected chi connectivity index (χ0v) is 48.2. The molecule has 4 fully saturated rings. The van der Waals surface area contributed by atoms with Crippen LogP contribution in [-0.4, -0.2) is 145 Å². The van der Waals surface area contributed by atoms with Crippen molar-refractivity contribution in [3.63, 3.8) is 0 Å². The molecule has 75 heavy (non-hydrogen) atoms. The highest BCUT2D eigenvalue weighted by Crippen LogP contribution is 2.65. The normalized spacial score (nSPS) is 32.2. The Morgan fingerprint density at radius 2 is 1.37 bits per heavy atom. The zero-order chi connectivity index (χ0) is 56.6. The first kappa shape index (κ1) is 60.7. The zero-order valence-electron chi connectivity index (χ0n) is 43.6. The van der Waals surface area contributed by atoms with E-state index in [4.69, 9.17) is 117 Å². The molecule has 11 atom stereocenters. The Labute approximate surface area is 464 Å². The van der Waals surface area contributed by atoms with Gasteiger partial charge in [0.2, 0.25) is 7.59 Å². The van der Waals surface area contributed by atoms with Gasteiger partial charge in [0.1, 0.15) is 54.6 Å². The fourth-order valence-electron chi connectivity index (χ4n) is 11.3. The van der Waals surface area contributed by atoms with Gasteiger partial charge in [-0.05, 0) is 77.2 Å². The molecule has 2 heterocycles. The van der Waals surface area contributed by atoms with Crippen molar-refractivity contribution >= 4 is 112 Å². The number of ether oxygens (including phenoxy) is 10. The summed E-state index contributed by atoms with van der Waals surface area (Å²) >= 11 is 35.5. The third-order valence-corrected chi connectivity index (χ3v) is 15.2. The third kappa shape index (κ3) is 12.1. The van der Waals surface area contributed by atoms with Crippen LogP contribution in [0.5, 0.6) is 0 Å². The van der Waals surface area contributed by atoms with Crippen molar-refractivity contribution in [2.45, 2.75) is 176 Å². The highest BCUT2D eigenvalue weighted by atomic mass is 35.6. The van der Waals surface area contributed by atoms with Crippen molar-refractivity contribution in [1.29, 1.82) is 0 Å². The second-order valence-electron chi connectivity index (χ2n) is 22.7. The Morgan fingerprint density at radius 3 is 1.87 bits per heavy atom. The summed E-state index contributed by atoms with van der Waals surface area (Å²) in [6.45, 7) is 18.2. The quantitative estimate of drug-likeness (QED) is 0.105. The van der Waals surface area contributed by atoms with Crippen LogP contribution in [-0.2, 0) is 61.8 Å². The van der Waals surface area contributed by atoms with Crippen molar-refractivity contribution in [2.24, 2.45) is 22.2 Å². The molecule has 0 radical (unpaired) electrons. The number of carbonyl (C=O) groups is 7. The standard InChI is InChI=1S/C50H63Cl6NO18/c1-24-27(69-38(61)32-34(42(3,4)5)57(45(11,12)74-32)39(62)75-43(6,7)8)20-48(65)36(72-37(60)26-17-15-14-16-18-26)33-46(13,35(59)31(30(24)44(48,9)10)71-41(64)68-23-50(54,55)56)28(70-40(63)67-22-49(51,52)53)19-29-47(33,21-66-29)73-25(2)58/h14-18,27-29,31-34,36,65H,19-23H2,1-13H3/t27-,28-,29+,31+,32+,33-,34+,36-,46+,47-,48+/m0/s1. The van der Waals surface area contributed by atoms with E-state index in [0.717, 1.165) is 6.92 Å². The fraction of sp³-hybridized carbons (Fsp3) is 0.700. The van der Waals surface area contributed by atoms with Gasteiger partial charge in [0.05, 0.1) is 29.5 Å². The van der Waals surface area contributed by atoms with Crippen molar-refractivity contribution in [2.75, 3.05) is 19.8 Å². The topological polar surface area (TPSA) is 235 Å². The molecular formula is C50H63Cl6NO18. The molecule has 25 heteroatoms. The number of nitrogens with zero attached hydrogens (tertiary/aromatic N) is 1. The number of ketones is 1. The van der Waals surface area contributed by atoms with Crippen LogP contribution in [0.3, 0.4) is 0 Å². The number of halogens is 6. The summed E-state index contributed by atoms with van der Waals surface area (Å²) in [5, 5.41) is 14.2. The lowest BCUT2D eigenvalue weighted by molar-refractivity contribution is -0.346. The largest absolute Gasteiger partial charge is 0.509 e.